The van der Waals surface area contributed by atoms with Crippen molar-refractivity contribution in [1.29, 1.82) is 0 Å². The zero-order chi connectivity index (χ0) is 15.5. The summed E-state index contributed by atoms with van der Waals surface area (Å²) in [7, 11) is 0. The number of amides is 1. The second-order valence-corrected chi connectivity index (χ2v) is 7.50. The molecule has 2 aromatic heterocycles. The first kappa shape index (κ1) is 15.6. The Morgan fingerprint density at radius 2 is 2.41 bits per heavy atom. The van der Waals surface area contributed by atoms with Crippen LogP contribution in [0.3, 0.4) is 0 Å². The monoisotopic (exact) mass is 335 g/mol. The zero-order valence-corrected chi connectivity index (χ0v) is 14.6. The van der Waals surface area contributed by atoms with Crippen LogP contribution in [-0.4, -0.2) is 41.5 Å². The predicted molar refractivity (Wildman–Crippen MR) is 92.8 cm³/mol. The first-order valence-corrected chi connectivity index (χ1v) is 9.43. The molecule has 0 aromatic carbocycles. The maximum Gasteiger partial charge on any atom is 0.266 e. The van der Waals surface area contributed by atoms with E-state index in [9.17, 15) is 4.79 Å². The van der Waals surface area contributed by atoms with Crippen molar-refractivity contribution < 1.29 is 4.79 Å². The Labute approximate surface area is 139 Å². The molecule has 0 aliphatic carbocycles. The van der Waals surface area contributed by atoms with E-state index in [1.165, 1.54) is 11.3 Å². The van der Waals surface area contributed by atoms with Gasteiger partial charge in [0, 0.05) is 19.1 Å². The van der Waals surface area contributed by atoms with Gasteiger partial charge in [-0.3, -0.25) is 4.79 Å². The molecule has 1 aliphatic heterocycles. The minimum atomic E-state index is 0.147. The van der Waals surface area contributed by atoms with E-state index >= 15 is 0 Å². The molecule has 1 saturated heterocycles. The van der Waals surface area contributed by atoms with Gasteiger partial charge in [-0.15, -0.1) is 22.7 Å². The fraction of sp³-hybridized carbons (Fsp3) is 0.500. The summed E-state index contributed by atoms with van der Waals surface area (Å²) in [5.41, 5.74) is 0.852. The van der Waals surface area contributed by atoms with Crippen molar-refractivity contribution in [1.82, 2.24) is 15.2 Å². The van der Waals surface area contributed by atoms with Crippen LogP contribution in [0.4, 0.5) is 0 Å². The van der Waals surface area contributed by atoms with E-state index in [2.05, 4.69) is 23.3 Å². The second-order valence-electron chi connectivity index (χ2n) is 5.56. The summed E-state index contributed by atoms with van der Waals surface area (Å²) in [6.07, 6.45) is 2.03. The number of rotatable bonds is 5. The number of carbonyl (C=O) groups excluding carboxylic acids is 1. The van der Waals surface area contributed by atoms with Crippen molar-refractivity contribution in [3.8, 4) is 9.88 Å². The summed E-state index contributed by atoms with van der Waals surface area (Å²) >= 11 is 3.19. The van der Waals surface area contributed by atoms with Crippen LogP contribution in [0.5, 0.6) is 0 Å². The summed E-state index contributed by atoms with van der Waals surface area (Å²) in [6, 6.07) is 4.40. The van der Waals surface area contributed by atoms with Gasteiger partial charge in [-0.25, -0.2) is 4.98 Å². The lowest BCUT2D eigenvalue weighted by Crippen LogP contribution is -2.42. The molecule has 1 unspecified atom stereocenters. The molecular weight excluding hydrogens is 314 g/mol. The van der Waals surface area contributed by atoms with E-state index < -0.39 is 0 Å². The summed E-state index contributed by atoms with van der Waals surface area (Å²) in [5.74, 6) is 0.147. The molecule has 0 saturated carbocycles. The number of nitrogens with zero attached hydrogens (tertiary/aromatic N) is 2. The minimum Gasteiger partial charge on any atom is -0.334 e. The van der Waals surface area contributed by atoms with Crippen molar-refractivity contribution in [3.63, 3.8) is 0 Å². The van der Waals surface area contributed by atoms with Gasteiger partial charge in [-0.2, -0.15) is 0 Å². The average Bonchev–Trinajstić information content (AvgIpc) is 3.24. The number of nitrogens with one attached hydrogen (secondary N) is 1. The fourth-order valence-corrected chi connectivity index (χ4v) is 4.65. The predicted octanol–water partition coefficient (Wildman–Crippen LogP) is 3.39. The Hall–Kier alpha value is -1.24. The molecule has 2 aromatic rings. The first-order valence-electron chi connectivity index (χ1n) is 7.73. The largest absolute Gasteiger partial charge is 0.334 e. The van der Waals surface area contributed by atoms with E-state index in [4.69, 9.17) is 0 Å². The Balaban J connectivity index is 1.86. The van der Waals surface area contributed by atoms with Gasteiger partial charge in [0.15, 0.2) is 0 Å². The van der Waals surface area contributed by atoms with E-state index in [0.29, 0.717) is 6.04 Å². The van der Waals surface area contributed by atoms with Gasteiger partial charge in [-0.05, 0) is 37.8 Å². The molecule has 1 aliphatic rings. The Kier molecular flexibility index (Phi) is 4.90. The van der Waals surface area contributed by atoms with Crippen molar-refractivity contribution in [2.45, 2.75) is 32.7 Å². The number of hydrogen-bond donors (Lipinski definition) is 1. The maximum atomic E-state index is 13.0. The number of aromatic nitrogens is 1. The van der Waals surface area contributed by atoms with Crippen molar-refractivity contribution in [3.05, 3.63) is 28.1 Å². The summed E-state index contributed by atoms with van der Waals surface area (Å²) in [6.45, 7) is 6.79. The van der Waals surface area contributed by atoms with E-state index in [-0.39, 0.29) is 5.91 Å². The van der Waals surface area contributed by atoms with Gasteiger partial charge in [0.25, 0.3) is 5.91 Å². The van der Waals surface area contributed by atoms with Crippen LogP contribution >= 0.6 is 22.7 Å². The molecule has 3 heterocycles. The quantitative estimate of drug-likeness (QED) is 0.911. The standard InChI is InChI=1S/C16H21N3OS2/c1-3-8-19(12-6-7-17-10-12)16(20)14-11(2)18-15(22-14)13-5-4-9-21-13/h4-5,9,12,17H,3,6-8,10H2,1-2H3. The average molecular weight is 335 g/mol. The van der Waals surface area contributed by atoms with Gasteiger partial charge in [0.2, 0.25) is 0 Å². The number of aryl methyl sites for hydroxylation is 1. The lowest BCUT2D eigenvalue weighted by molar-refractivity contribution is 0.0696. The van der Waals surface area contributed by atoms with Gasteiger partial charge in [0.05, 0.1) is 10.6 Å². The highest BCUT2D eigenvalue weighted by atomic mass is 32.1. The van der Waals surface area contributed by atoms with Crippen LogP contribution < -0.4 is 5.32 Å². The number of thiophene rings is 1. The molecule has 1 N–H and O–H groups in total. The Bertz CT molecular complexity index is 630. The van der Waals surface area contributed by atoms with E-state index in [0.717, 1.165) is 52.9 Å². The molecule has 22 heavy (non-hydrogen) atoms. The first-order chi connectivity index (χ1) is 10.7. The number of carbonyl (C=O) groups is 1. The maximum absolute atomic E-state index is 13.0. The van der Waals surface area contributed by atoms with Gasteiger partial charge in [0.1, 0.15) is 9.88 Å². The molecular formula is C16H21N3OS2. The molecule has 1 fully saturated rings. The molecule has 0 spiro atoms. The van der Waals surface area contributed by atoms with Crippen LogP contribution in [0.2, 0.25) is 0 Å². The van der Waals surface area contributed by atoms with Crippen LogP contribution in [0.1, 0.15) is 35.1 Å². The van der Waals surface area contributed by atoms with E-state index in [1.807, 2.05) is 23.3 Å². The summed E-state index contributed by atoms with van der Waals surface area (Å²) in [5, 5.41) is 6.35. The molecule has 1 amide bonds. The highest BCUT2D eigenvalue weighted by Gasteiger charge is 2.29. The zero-order valence-electron chi connectivity index (χ0n) is 13.0. The van der Waals surface area contributed by atoms with Gasteiger partial charge >= 0.3 is 0 Å². The van der Waals surface area contributed by atoms with Crippen LogP contribution in [0.15, 0.2) is 17.5 Å². The van der Waals surface area contributed by atoms with Crippen LogP contribution in [0.25, 0.3) is 9.88 Å². The van der Waals surface area contributed by atoms with Gasteiger partial charge in [-0.1, -0.05) is 13.0 Å². The molecule has 3 rings (SSSR count). The van der Waals surface area contributed by atoms with Crippen LogP contribution in [0, 0.1) is 6.92 Å². The SMILES string of the molecule is CCCN(C(=O)c1sc(-c2cccs2)nc1C)C1CCNC1. The molecule has 4 nitrogen and oxygen atoms in total. The van der Waals surface area contributed by atoms with E-state index in [1.54, 1.807) is 11.3 Å². The third-order valence-corrected chi connectivity index (χ3v) is 6.11. The lowest BCUT2D eigenvalue weighted by Gasteiger charge is -2.27. The normalized spacial score (nSPS) is 17.8. The Morgan fingerprint density at radius 1 is 1.55 bits per heavy atom. The number of thiazole rings is 1. The van der Waals surface area contributed by atoms with Crippen molar-refractivity contribution in [2.24, 2.45) is 0 Å². The molecule has 0 radical (unpaired) electrons. The van der Waals surface area contributed by atoms with Crippen molar-refractivity contribution >= 4 is 28.6 Å². The highest BCUT2D eigenvalue weighted by Crippen LogP contribution is 2.32. The molecule has 118 valence electrons. The smallest absolute Gasteiger partial charge is 0.266 e. The van der Waals surface area contributed by atoms with Crippen LogP contribution in [-0.2, 0) is 0 Å². The second kappa shape index (κ2) is 6.89. The summed E-state index contributed by atoms with van der Waals surface area (Å²) in [4.78, 5) is 21.6. The Morgan fingerprint density at radius 3 is 3.05 bits per heavy atom. The molecule has 6 heteroatoms. The number of hydrogen-bond acceptors (Lipinski definition) is 5. The third-order valence-electron chi connectivity index (χ3n) is 3.92. The van der Waals surface area contributed by atoms with Gasteiger partial charge < -0.3 is 10.2 Å². The topological polar surface area (TPSA) is 45.2 Å². The van der Waals surface area contributed by atoms with Crippen molar-refractivity contribution in [2.75, 3.05) is 19.6 Å². The third kappa shape index (κ3) is 3.09. The fourth-order valence-electron chi connectivity index (χ4n) is 2.83. The minimum absolute atomic E-state index is 0.147. The molecule has 1 atom stereocenters. The molecule has 0 bridgehead atoms. The lowest BCUT2D eigenvalue weighted by atomic mass is 10.2. The highest BCUT2D eigenvalue weighted by molar-refractivity contribution is 7.22. The summed E-state index contributed by atoms with van der Waals surface area (Å²) < 4.78 is 0.